The Bertz CT molecular complexity index is 1180. The zero-order valence-corrected chi connectivity index (χ0v) is 18.3. The molecule has 0 radical (unpaired) electrons. The molecular formula is C26H24F2N4O. The highest BCUT2D eigenvalue weighted by atomic mass is 19.3. The molecule has 7 heteroatoms. The largest absolute Gasteiger partial charge is 0.338 e. The van der Waals surface area contributed by atoms with Crippen LogP contribution in [-0.2, 0) is 12.3 Å². The summed E-state index contributed by atoms with van der Waals surface area (Å²) in [5.74, 6) is -3.06. The number of nitrogens with zero attached hydrogens (tertiary/aromatic N) is 4. The van der Waals surface area contributed by atoms with Crippen LogP contribution >= 0.6 is 0 Å². The number of rotatable bonds is 5. The van der Waals surface area contributed by atoms with Crippen molar-refractivity contribution in [3.05, 3.63) is 83.8 Å². The van der Waals surface area contributed by atoms with Crippen molar-refractivity contribution < 1.29 is 13.6 Å². The number of benzene rings is 1. The molecule has 0 bridgehead atoms. The second-order valence-corrected chi connectivity index (χ2v) is 8.59. The SMILES string of the molecule is CC(F)(F)c1cccc(CC2(C#N)CCN(C(=O)c3cccnc3-c3ccncc3)CC2)c1. The summed E-state index contributed by atoms with van der Waals surface area (Å²) in [7, 11) is 0. The molecule has 1 saturated heterocycles. The van der Waals surface area contributed by atoms with Crippen molar-refractivity contribution in [3.63, 3.8) is 0 Å². The van der Waals surface area contributed by atoms with E-state index in [0.717, 1.165) is 12.5 Å². The van der Waals surface area contributed by atoms with Gasteiger partial charge in [0.15, 0.2) is 0 Å². The van der Waals surface area contributed by atoms with Gasteiger partial charge in [0.25, 0.3) is 11.8 Å². The van der Waals surface area contributed by atoms with Crippen LogP contribution in [0.3, 0.4) is 0 Å². The van der Waals surface area contributed by atoms with E-state index in [4.69, 9.17) is 0 Å². The average Bonchev–Trinajstić information content (AvgIpc) is 2.84. The summed E-state index contributed by atoms with van der Waals surface area (Å²) >= 11 is 0. The number of alkyl halides is 2. The lowest BCUT2D eigenvalue weighted by molar-refractivity contribution is 0.0173. The number of pyridine rings is 2. The van der Waals surface area contributed by atoms with Crippen molar-refractivity contribution in [2.45, 2.75) is 32.1 Å². The molecule has 0 N–H and O–H groups in total. The highest BCUT2D eigenvalue weighted by molar-refractivity contribution is 5.99. The molecule has 1 fully saturated rings. The Morgan fingerprint density at radius 1 is 1.12 bits per heavy atom. The fourth-order valence-electron chi connectivity index (χ4n) is 4.30. The molecule has 0 saturated carbocycles. The van der Waals surface area contributed by atoms with E-state index in [1.165, 1.54) is 12.1 Å². The summed E-state index contributed by atoms with van der Waals surface area (Å²) in [6.07, 6.45) is 6.30. The molecule has 168 valence electrons. The molecule has 0 unspecified atom stereocenters. The number of halogens is 2. The van der Waals surface area contributed by atoms with Gasteiger partial charge in [-0.1, -0.05) is 18.2 Å². The number of likely N-dealkylation sites (tertiary alicyclic amines) is 1. The fourth-order valence-corrected chi connectivity index (χ4v) is 4.30. The van der Waals surface area contributed by atoms with Crippen molar-refractivity contribution in [3.8, 4) is 17.3 Å². The van der Waals surface area contributed by atoms with Crippen molar-refractivity contribution >= 4 is 5.91 Å². The molecule has 5 nitrogen and oxygen atoms in total. The van der Waals surface area contributed by atoms with Gasteiger partial charge in [-0.3, -0.25) is 14.8 Å². The number of hydrogen-bond donors (Lipinski definition) is 0. The first-order valence-corrected chi connectivity index (χ1v) is 10.8. The summed E-state index contributed by atoms with van der Waals surface area (Å²) in [6, 6.07) is 15.8. The number of hydrogen-bond acceptors (Lipinski definition) is 4. The molecule has 0 aliphatic carbocycles. The molecule has 1 aromatic carbocycles. The number of carbonyl (C=O) groups is 1. The second-order valence-electron chi connectivity index (χ2n) is 8.59. The van der Waals surface area contributed by atoms with Crippen LogP contribution in [0.1, 0.15) is 41.3 Å². The van der Waals surface area contributed by atoms with Gasteiger partial charge in [0.1, 0.15) is 0 Å². The Hall–Kier alpha value is -3.66. The fraction of sp³-hybridized carbons (Fsp3) is 0.308. The zero-order chi connectivity index (χ0) is 23.5. The Kier molecular flexibility index (Phi) is 6.19. The van der Waals surface area contributed by atoms with Gasteiger partial charge >= 0.3 is 0 Å². The third-order valence-electron chi connectivity index (χ3n) is 6.21. The maximum absolute atomic E-state index is 13.7. The minimum atomic E-state index is -2.93. The van der Waals surface area contributed by atoms with Crippen molar-refractivity contribution in [1.29, 1.82) is 5.26 Å². The average molecular weight is 447 g/mol. The monoisotopic (exact) mass is 446 g/mol. The first kappa shape index (κ1) is 22.5. The molecule has 33 heavy (non-hydrogen) atoms. The van der Waals surface area contributed by atoms with E-state index in [0.29, 0.717) is 49.2 Å². The number of piperidine rings is 1. The number of aromatic nitrogens is 2. The minimum absolute atomic E-state index is 0.0547. The molecule has 3 aromatic rings. The topological polar surface area (TPSA) is 69.9 Å². The van der Waals surface area contributed by atoms with Gasteiger partial charge in [-0.25, -0.2) is 8.78 Å². The summed E-state index contributed by atoms with van der Waals surface area (Å²) in [6.45, 7) is 1.70. The van der Waals surface area contributed by atoms with Crippen LogP contribution in [-0.4, -0.2) is 33.9 Å². The van der Waals surface area contributed by atoms with Gasteiger partial charge in [0.2, 0.25) is 0 Å². The standard InChI is InChI=1S/C26H24F2N4O/c1-25(27,28)21-5-2-4-19(16-21)17-26(18-29)9-14-32(15-10-26)24(33)22-6-3-11-31-23(22)20-7-12-30-13-8-20/h2-8,11-13,16H,9-10,14-15,17H2,1H3. The highest BCUT2D eigenvalue weighted by Crippen LogP contribution is 2.37. The third-order valence-corrected chi connectivity index (χ3v) is 6.21. The predicted molar refractivity (Wildman–Crippen MR) is 120 cm³/mol. The van der Waals surface area contributed by atoms with Crippen LogP contribution in [0.4, 0.5) is 8.78 Å². The lowest BCUT2D eigenvalue weighted by atomic mass is 9.74. The van der Waals surface area contributed by atoms with Crippen molar-refractivity contribution in [2.75, 3.05) is 13.1 Å². The normalized spacial score (nSPS) is 15.6. The van der Waals surface area contributed by atoms with Crippen LogP contribution in [0.25, 0.3) is 11.3 Å². The van der Waals surface area contributed by atoms with E-state index >= 15 is 0 Å². The van der Waals surface area contributed by atoms with Crippen LogP contribution in [0.15, 0.2) is 67.1 Å². The number of carbonyl (C=O) groups excluding carboxylic acids is 1. The zero-order valence-electron chi connectivity index (χ0n) is 18.3. The minimum Gasteiger partial charge on any atom is -0.338 e. The van der Waals surface area contributed by atoms with E-state index < -0.39 is 11.3 Å². The lowest BCUT2D eigenvalue weighted by Gasteiger charge is -2.37. The van der Waals surface area contributed by atoms with Gasteiger partial charge in [0.05, 0.1) is 22.7 Å². The quantitative estimate of drug-likeness (QED) is 0.537. The summed E-state index contributed by atoms with van der Waals surface area (Å²) in [5.41, 5.74) is 1.88. The molecule has 1 amide bonds. The summed E-state index contributed by atoms with van der Waals surface area (Å²) < 4.78 is 27.5. The van der Waals surface area contributed by atoms with E-state index in [1.807, 2.05) is 12.1 Å². The van der Waals surface area contributed by atoms with Gasteiger partial charge in [0, 0.05) is 49.7 Å². The molecule has 1 aliphatic heterocycles. The van der Waals surface area contributed by atoms with Crippen LogP contribution in [0.5, 0.6) is 0 Å². The van der Waals surface area contributed by atoms with Crippen molar-refractivity contribution in [2.24, 2.45) is 5.41 Å². The Morgan fingerprint density at radius 3 is 2.52 bits per heavy atom. The van der Waals surface area contributed by atoms with Gasteiger partial charge in [-0.05, 0) is 55.2 Å². The van der Waals surface area contributed by atoms with Crippen LogP contribution in [0, 0.1) is 16.7 Å². The van der Waals surface area contributed by atoms with Gasteiger partial charge in [-0.15, -0.1) is 0 Å². The van der Waals surface area contributed by atoms with E-state index in [9.17, 15) is 18.8 Å². The molecule has 1 aliphatic rings. The molecule has 4 rings (SSSR count). The van der Waals surface area contributed by atoms with E-state index in [-0.39, 0.29) is 11.5 Å². The predicted octanol–water partition coefficient (Wildman–Crippen LogP) is 5.24. The Balaban J connectivity index is 1.50. The third kappa shape index (κ3) is 4.90. The first-order valence-electron chi connectivity index (χ1n) is 10.8. The lowest BCUT2D eigenvalue weighted by Crippen LogP contribution is -2.43. The van der Waals surface area contributed by atoms with Gasteiger partial charge in [-0.2, -0.15) is 5.26 Å². The summed E-state index contributed by atoms with van der Waals surface area (Å²) in [4.78, 5) is 23.5. The number of amides is 1. The molecular weight excluding hydrogens is 422 g/mol. The second kappa shape index (κ2) is 9.07. The Labute approximate surface area is 191 Å². The highest BCUT2D eigenvalue weighted by Gasteiger charge is 2.37. The smallest absolute Gasteiger partial charge is 0.270 e. The van der Waals surface area contributed by atoms with Crippen molar-refractivity contribution in [1.82, 2.24) is 14.9 Å². The number of nitriles is 1. The Morgan fingerprint density at radius 2 is 1.85 bits per heavy atom. The van der Waals surface area contributed by atoms with Crippen LogP contribution < -0.4 is 0 Å². The maximum atomic E-state index is 13.7. The molecule has 2 aromatic heterocycles. The maximum Gasteiger partial charge on any atom is 0.270 e. The summed E-state index contributed by atoms with van der Waals surface area (Å²) in [5, 5.41) is 9.95. The molecule has 0 spiro atoms. The first-order chi connectivity index (χ1) is 15.8. The van der Waals surface area contributed by atoms with Crippen LogP contribution in [0.2, 0.25) is 0 Å². The van der Waals surface area contributed by atoms with Gasteiger partial charge < -0.3 is 4.90 Å². The van der Waals surface area contributed by atoms with E-state index in [2.05, 4.69) is 16.0 Å². The molecule has 3 heterocycles. The van der Waals surface area contributed by atoms with E-state index in [1.54, 1.807) is 47.8 Å². The molecule has 0 atom stereocenters.